The Hall–Kier alpha value is -1.45. The second-order valence-corrected chi connectivity index (χ2v) is 4.78. The van der Waals surface area contributed by atoms with Crippen LogP contribution in [0.25, 0.3) is 0 Å². The molecule has 1 aromatic rings. The molecule has 102 valence electrons. The van der Waals surface area contributed by atoms with Gasteiger partial charge in [-0.25, -0.2) is 0 Å². The molecule has 1 aliphatic heterocycles. The van der Waals surface area contributed by atoms with E-state index in [4.69, 9.17) is 14.7 Å². The van der Waals surface area contributed by atoms with Crippen LogP contribution in [0.5, 0.6) is 0 Å². The summed E-state index contributed by atoms with van der Waals surface area (Å²) in [7, 11) is 0. The third kappa shape index (κ3) is 3.11. The molecule has 1 aliphatic rings. The van der Waals surface area contributed by atoms with E-state index in [2.05, 4.69) is 0 Å². The summed E-state index contributed by atoms with van der Waals surface area (Å²) in [6.07, 6.45) is -2.45. The smallest absolute Gasteiger partial charge is 0.192 e. The highest BCUT2D eigenvalue weighted by Gasteiger charge is 2.51. The predicted molar refractivity (Wildman–Crippen MR) is 66.8 cm³/mol. The van der Waals surface area contributed by atoms with Crippen molar-refractivity contribution in [2.45, 2.75) is 44.1 Å². The molecular formula is C14H17NO4. The van der Waals surface area contributed by atoms with Crippen LogP contribution in [0.2, 0.25) is 0 Å². The van der Waals surface area contributed by atoms with E-state index in [0.29, 0.717) is 6.61 Å². The van der Waals surface area contributed by atoms with E-state index in [1.807, 2.05) is 36.4 Å². The summed E-state index contributed by atoms with van der Waals surface area (Å²) in [5, 5.41) is 28.6. The molecule has 5 nitrogen and oxygen atoms in total. The second-order valence-electron chi connectivity index (χ2n) is 4.78. The SMILES string of the molecule is CC1(O)O[C@H](CC#N)[C@H](OCc2ccccc2)[C@H]1O. The van der Waals surface area contributed by atoms with Crippen molar-refractivity contribution in [2.75, 3.05) is 0 Å². The van der Waals surface area contributed by atoms with Gasteiger partial charge in [0.05, 0.1) is 19.1 Å². The highest BCUT2D eigenvalue weighted by molar-refractivity contribution is 5.13. The number of ether oxygens (including phenoxy) is 2. The lowest BCUT2D eigenvalue weighted by molar-refractivity contribution is -0.213. The molecule has 1 fully saturated rings. The van der Waals surface area contributed by atoms with Gasteiger partial charge < -0.3 is 19.7 Å². The fourth-order valence-electron chi connectivity index (χ4n) is 2.16. The third-order valence-corrected chi connectivity index (χ3v) is 3.19. The van der Waals surface area contributed by atoms with E-state index in [-0.39, 0.29) is 6.42 Å². The van der Waals surface area contributed by atoms with Crippen molar-refractivity contribution in [1.82, 2.24) is 0 Å². The average molecular weight is 263 g/mol. The van der Waals surface area contributed by atoms with Crippen molar-refractivity contribution < 1.29 is 19.7 Å². The second kappa shape index (κ2) is 5.68. The van der Waals surface area contributed by atoms with Gasteiger partial charge in [0.2, 0.25) is 0 Å². The molecule has 1 saturated heterocycles. The minimum Gasteiger partial charge on any atom is -0.385 e. The van der Waals surface area contributed by atoms with Crippen molar-refractivity contribution in [2.24, 2.45) is 0 Å². The van der Waals surface area contributed by atoms with Crippen molar-refractivity contribution in [3.05, 3.63) is 35.9 Å². The summed E-state index contributed by atoms with van der Waals surface area (Å²) in [5.74, 6) is -1.68. The lowest BCUT2D eigenvalue weighted by Crippen LogP contribution is -2.41. The van der Waals surface area contributed by atoms with Crippen molar-refractivity contribution in [3.8, 4) is 6.07 Å². The molecule has 2 rings (SSSR count). The molecule has 0 radical (unpaired) electrons. The number of aliphatic hydroxyl groups excluding tert-OH is 1. The highest BCUT2D eigenvalue weighted by atomic mass is 16.7. The van der Waals surface area contributed by atoms with Gasteiger partial charge in [0.1, 0.15) is 18.3 Å². The van der Waals surface area contributed by atoms with Gasteiger partial charge in [0.15, 0.2) is 5.79 Å². The number of hydrogen-bond acceptors (Lipinski definition) is 5. The van der Waals surface area contributed by atoms with Gasteiger partial charge in [-0.1, -0.05) is 30.3 Å². The standard InChI is InChI=1S/C14H17NO4/c1-14(17)13(16)12(11(19-14)7-8-15)18-9-10-5-3-2-4-6-10/h2-6,11-13,16-17H,7,9H2,1H3/t11-,12+,13-,14?/m1/s1. The molecule has 2 N–H and O–H groups in total. The molecule has 0 aliphatic carbocycles. The zero-order valence-electron chi connectivity index (χ0n) is 10.7. The molecule has 0 aromatic heterocycles. The van der Waals surface area contributed by atoms with Gasteiger partial charge in [-0.15, -0.1) is 0 Å². The number of benzene rings is 1. The van der Waals surface area contributed by atoms with Gasteiger partial charge in [0, 0.05) is 0 Å². The van der Waals surface area contributed by atoms with Crippen molar-refractivity contribution in [3.63, 3.8) is 0 Å². The Labute approximate surface area is 112 Å². The Morgan fingerprint density at radius 1 is 1.42 bits per heavy atom. The molecule has 1 unspecified atom stereocenters. The monoisotopic (exact) mass is 263 g/mol. The Morgan fingerprint density at radius 2 is 2.11 bits per heavy atom. The summed E-state index contributed by atoms with van der Waals surface area (Å²) in [6, 6.07) is 11.5. The molecule has 5 heteroatoms. The largest absolute Gasteiger partial charge is 0.385 e. The van der Waals surface area contributed by atoms with Crippen LogP contribution >= 0.6 is 0 Å². The summed E-state index contributed by atoms with van der Waals surface area (Å²) >= 11 is 0. The van der Waals surface area contributed by atoms with Gasteiger partial charge in [-0.3, -0.25) is 0 Å². The fourth-order valence-corrected chi connectivity index (χ4v) is 2.16. The molecule has 0 spiro atoms. The van der Waals surface area contributed by atoms with Crippen LogP contribution in [0.1, 0.15) is 18.9 Å². The summed E-state index contributed by atoms with van der Waals surface area (Å²) in [5.41, 5.74) is 0.956. The third-order valence-electron chi connectivity index (χ3n) is 3.19. The fraction of sp³-hybridized carbons (Fsp3) is 0.500. The number of nitrogens with zero attached hydrogens (tertiary/aromatic N) is 1. The predicted octanol–water partition coefficient (Wildman–Crippen LogP) is 0.954. The van der Waals surface area contributed by atoms with Crippen LogP contribution in [-0.2, 0) is 16.1 Å². The Balaban J connectivity index is 2.02. The topological polar surface area (TPSA) is 82.7 Å². The average Bonchev–Trinajstić information content (AvgIpc) is 2.60. The first kappa shape index (κ1) is 14.0. The maximum absolute atomic E-state index is 9.98. The van der Waals surface area contributed by atoms with E-state index in [1.165, 1.54) is 6.92 Å². The minimum absolute atomic E-state index is 0.0622. The van der Waals surface area contributed by atoms with Gasteiger partial charge in [-0.05, 0) is 12.5 Å². The lowest BCUT2D eigenvalue weighted by atomic mass is 10.0. The van der Waals surface area contributed by atoms with Crippen LogP contribution in [-0.4, -0.2) is 34.3 Å². The van der Waals surface area contributed by atoms with E-state index in [9.17, 15) is 10.2 Å². The van der Waals surface area contributed by atoms with Gasteiger partial charge in [0.25, 0.3) is 0 Å². The van der Waals surface area contributed by atoms with Crippen LogP contribution in [0, 0.1) is 11.3 Å². The van der Waals surface area contributed by atoms with Crippen molar-refractivity contribution in [1.29, 1.82) is 5.26 Å². The normalized spacial score (nSPS) is 34.1. The Morgan fingerprint density at radius 3 is 2.74 bits per heavy atom. The quantitative estimate of drug-likeness (QED) is 0.845. The summed E-state index contributed by atoms with van der Waals surface area (Å²) in [6.45, 7) is 1.66. The highest BCUT2D eigenvalue weighted by Crippen LogP contribution is 2.32. The lowest BCUT2D eigenvalue weighted by Gasteiger charge is -2.22. The number of nitriles is 1. The Kier molecular flexibility index (Phi) is 4.17. The maximum atomic E-state index is 9.98. The van der Waals surface area contributed by atoms with Crippen LogP contribution < -0.4 is 0 Å². The summed E-state index contributed by atoms with van der Waals surface area (Å²) < 4.78 is 10.9. The first-order chi connectivity index (χ1) is 9.04. The van der Waals surface area contributed by atoms with Crippen LogP contribution in [0.4, 0.5) is 0 Å². The van der Waals surface area contributed by atoms with Gasteiger partial charge in [-0.2, -0.15) is 5.26 Å². The molecule has 4 atom stereocenters. The number of rotatable bonds is 4. The van der Waals surface area contributed by atoms with Crippen molar-refractivity contribution >= 4 is 0 Å². The van der Waals surface area contributed by atoms with E-state index >= 15 is 0 Å². The first-order valence-electron chi connectivity index (χ1n) is 6.15. The molecular weight excluding hydrogens is 246 g/mol. The van der Waals surface area contributed by atoms with Crippen LogP contribution in [0.3, 0.4) is 0 Å². The zero-order valence-corrected chi connectivity index (χ0v) is 10.7. The van der Waals surface area contributed by atoms with E-state index in [0.717, 1.165) is 5.56 Å². The molecule has 1 heterocycles. The van der Waals surface area contributed by atoms with E-state index in [1.54, 1.807) is 0 Å². The summed E-state index contributed by atoms with van der Waals surface area (Å²) in [4.78, 5) is 0. The zero-order chi connectivity index (χ0) is 13.9. The molecule has 0 saturated carbocycles. The van der Waals surface area contributed by atoms with Gasteiger partial charge >= 0.3 is 0 Å². The molecule has 19 heavy (non-hydrogen) atoms. The Bertz CT molecular complexity index is 454. The van der Waals surface area contributed by atoms with Crippen LogP contribution in [0.15, 0.2) is 30.3 Å². The molecule has 0 bridgehead atoms. The number of aliphatic hydroxyl groups is 2. The molecule has 0 amide bonds. The molecule has 1 aromatic carbocycles. The number of hydrogen-bond donors (Lipinski definition) is 2. The van der Waals surface area contributed by atoms with E-state index < -0.39 is 24.1 Å². The first-order valence-corrected chi connectivity index (χ1v) is 6.15. The minimum atomic E-state index is -1.68. The maximum Gasteiger partial charge on any atom is 0.192 e.